The molecule has 0 radical (unpaired) electrons. The van der Waals surface area contributed by atoms with Crippen molar-refractivity contribution in [3.8, 4) is 0 Å². The maximum absolute atomic E-state index is 14.4. The fourth-order valence-corrected chi connectivity index (χ4v) is 3.39. The Balaban J connectivity index is 2.89. The largest absolute Gasteiger partial charge is 0.478 e. The van der Waals surface area contributed by atoms with Crippen molar-refractivity contribution in [1.82, 2.24) is 5.32 Å². The molecule has 7 nitrogen and oxygen atoms in total. The number of aliphatic carboxylic acids is 1. The van der Waals surface area contributed by atoms with Gasteiger partial charge in [-0.3, -0.25) is 4.79 Å². The number of halogens is 3. The number of carboxylic acids is 1. The fraction of sp³-hybridized carbons (Fsp3) is 0.350. The Morgan fingerprint density at radius 2 is 1.87 bits per heavy atom. The Hall–Kier alpha value is -3.30. The van der Waals surface area contributed by atoms with Crippen molar-refractivity contribution in [2.45, 2.75) is 32.9 Å². The lowest BCUT2D eigenvalue weighted by Crippen LogP contribution is -2.34. The SMILES string of the molecule is COC(=O)C1=C(C)NC(COC(C)=O)=C(C(=O)O)C1c1cc(F)cc(F)c1C(C)F. The highest BCUT2D eigenvalue weighted by Gasteiger charge is 2.40. The third-order valence-electron chi connectivity index (χ3n) is 4.54. The monoisotopic (exact) mass is 427 g/mol. The van der Waals surface area contributed by atoms with Gasteiger partial charge in [-0.05, 0) is 25.5 Å². The molecule has 2 atom stereocenters. The average Bonchev–Trinajstić information content (AvgIpc) is 2.63. The summed E-state index contributed by atoms with van der Waals surface area (Å²) in [5.74, 6) is -7.14. The normalized spacial score (nSPS) is 17.4. The van der Waals surface area contributed by atoms with Crippen LogP contribution in [0.1, 0.15) is 44.0 Å². The molecule has 1 heterocycles. The van der Waals surface area contributed by atoms with Crippen LogP contribution in [-0.4, -0.2) is 36.7 Å². The highest BCUT2D eigenvalue weighted by Crippen LogP contribution is 2.43. The summed E-state index contributed by atoms with van der Waals surface area (Å²) in [5, 5.41) is 12.5. The number of hydrogen-bond donors (Lipinski definition) is 2. The van der Waals surface area contributed by atoms with Gasteiger partial charge in [-0.1, -0.05) is 0 Å². The summed E-state index contributed by atoms with van der Waals surface area (Å²) in [7, 11) is 1.04. The summed E-state index contributed by atoms with van der Waals surface area (Å²) in [6.07, 6.45) is -1.94. The quantitative estimate of drug-likeness (QED) is 0.673. The van der Waals surface area contributed by atoms with E-state index in [4.69, 9.17) is 9.47 Å². The topological polar surface area (TPSA) is 102 Å². The Morgan fingerprint density at radius 1 is 1.23 bits per heavy atom. The molecule has 30 heavy (non-hydrogen) atoms. The number of ether oxygens (including phenoxy) is 2. The van der Waals surface area contributed by atoms with E-state index >= 15 is 0 Å². The molecule has 0 saturated heterocycles. The van der Waals surface area contributed by atoms with Crippen LogP contribution in [0, 0.1) is 11.6 Å². The van der Waals surface area contributed by atoms with Gasteiger partial charge in [0, 0.05) is 24.3 Å². The average molecular weight is 427 g/mol. The van der Waals surface area contributed by atoms with Crippen molar-refractivity contribution >= 4 is 17.9 Å². The first-order valence-corrected chi connectivity index (χ1v) is 8.78. The van der Waals surface area contributed by atoms with Crippen LogP contribution in [0.15, 0.2) is 34.7 Å². The van der Waals surface area contributed by atoms with Gasteiger partial charge < -0.3 is 19.9 Å². The van der Waals surface area contributed by atoms with Crippen LogP contribution in [0.3, 0.4) is 0 Å². The van der Waals surface area contributed by atoms with Crippen molar-refractivity contribution in [2.24, 2.45) is 0 Å². The standard InChI is InChI=1S/C20H20F3NO6/c1-8(21)15-12(5-11(22)6-13(15)23)17-16(20(28)29-4)9(2)24-14(7-30-10(3)25)18(17)19(26)27/h5-6,8,17,24H,7H2,1-4H3,(H,26,27). The second-order valence-corrected chi connectivity index (χ2v) is 6.57. The van der Waals surface area contributed by atoms with Crippen molar-refractivity contribution in [3.05, 3.63) is 57.4 Å². The number of esters is 2. The van der Waals surface area contributed by atoms with Gasteiger partial charge in [-0.15, -0.1) is 0 Å². The predicted molar refractivity (Wildman–Crippen MR) is 97.8 cm³/mol. The van der Waals surface area contributed by atoms with Gasteiger partial charge in [0.15, 0.2) is 0 Å². The van der Waals surface area contributed by atoms with Crippen LogP contribution < -0.4 is 5.32 Å². The molecule has 1 aromatic carbocycles. The Labute approximate surface area is 170 Å². The first-order valence-electron chi connectivity index (χ1n) is 8.78. The fourth-order valence-electron chi connectivity index (χ4n) is 3.39. The van der Waals surface area contributed by atoms with E-state index in [1.165, 1.54) is 6.92 Å². The number of benzene rings is 1. The lowest BCUT2D eigenvalue weighted by molar-refractivity contribution is -0.141. The number of rotatable bonds is 6. The second-order valence-electron chi connectivity index (χ2n) is 6.57. The van der Waals surface area contributed by atoms with Crippen LogP contribution in [0.5, 0.6) is 0 Å². The minimum Gasteiger partial charge on any atom is -0.478 e. The molecular formula is C20H20F3NO6. The maximum Gasteiger partial charge on any atom is 0.336 e. The second kappa shape index (κ2) is 9.02. The number of carbonyl (C=O) groups is 3. The zero-order valence-electron chi connectivity index (χ0n) is 16.6. The zero-order valence-corrected chi connectivity index (χ0v) is 16.6. The highest BCUT2D eigenvalue weighted by atomic mass is 19.1. The van der Waals surface area contributed by atoms with E-state index < -0.39 is 59.4 Å². The number of methoxy groups -OCH3 is 1. The van der Waals surface area contributed by atoms with Gasteiger partial charge in [-0.2, -0.15) is 0 Å². The Bertz CT molecular complexity index is 968. The molecule has 162 valence electrons. The van der Waals surface area contributed by atoms with Gasteiger partial charge in [0.2, 0.25) is 0 Å². The van der Waals surface area contributed by atoms with E-state index in [-0.39, 0.29) is 22.5 Å². The van der Waals surface area contributed by atoms with Crippen molar-refractivity contribution in [3.63, 3.8) is 0 Å². The number of nitrogens with one attached hydrogen (secondary N) is 1. The van der Waals surface area contributed by atoms with E-state index in [0.29, 0.717) is 6.07 Å². The van der Waals surface area contributed by atoms with Gasteiger partial charge in [0.05, 0.1) is 29.9 Å². The smallest absolute Gasteiger partial charge is 0.336 e. The molecule has 10 heteroatoms. The summed E-state index contributed by atoms with van der Waals surface area (Å²) < 4.78 is 52.4. The Kier molecular flexibility index (Phi) is 6.91. The van der Waals surface area contributed by atoms with Gasteiger partial charge in [0.25, 0.3) is 0 Å². The predicted octanol–water partition coefficient (Wildman–Crippen LogP) is 3.03. The molecule has 2 N–H and O–H groups in total. The van der Waals surface area contributed by atoms with E-state index in [2.05, 4.69) is 5.32 Å². The van der Waals surface area contributed by atoms with Crippen molar-refractivity contribution in [2.75, 3.05) is 13.7 Å². The lowest BCUT2D eigenvalue weighted by atomic mass is 9.77. The zero-order chi connectivity index (χ0) is 22.7. The molecule has 0 saturated carbocycles. The molecule has 0 bridgehead atoms. The molecular weight excluding hydrogens is 407 g/mol. The van der Waals surface area contributed by atoms with Crippen molar-refractivity contribution in [1.29, 1.82) is 0 Å². The summed E-state index contributed by atoms with van der Waals surface area (Å²) in [6.45, 7) is 2.99. The molecule has 1 aliphatic rings. The molecule has 0 amide bonds. The molecule has 1 aromatic rings. The van der Waals surface area contributed by atoms with Gasteiger partial charge in [0.1, 0.15) is 24.4 Å². The number of dihydropyridines is 1. The molecule has 1 aliphatic heterocycles. The minimum atomic E-state index is -1.94. The molecule has 0 spiro atoms. The molecule has 0 fully saturated rings. The first-order chi connectivity index (χ1) is 14.0. The van der Waals surface area contributed by atoms with E-state index in [0.717, 1.165) is 27.0 Å². The number of carbonyl (C=O) groups excluding carboxylic acids is 2. The summed E-state index contributed by atoms with van der Waals surface area (Å²) in [6, 6.07) is 1.24. The van der Waals surface area contributed by atoms with E-state index in [1.807, 2.05) is 0 Å². The minimum absolute atomic E-state index is 0.0983. The van der Waals surface area contributed by atoms with Gasteiger partial charge >= 0.3 is 17.9 Å². The maximum atomic E-state index is 14.4. The molecule has 2 unspecified atom stereocenters. The van der Waals surface area contributed by atoms with Crippen molar-refractivity contribution < 1.29 is 42.1 Å². The Morgan fingerprint density at radius 3 is 2.37 bits per heavy atom. The summed E-state index contributed by atoms with van der Waals surface area (Å²) >= 11 is 0. The molecule has 0 aromatic heterocycles. The number of alkyl halides is 1. The molecule has 2 rings (SSSR count). The van der Waals surface area contributed by atoms with Crippen LogP contribution in [0.25, 0.3) is 0 Å². The van der Waals surface area contributed by atoms with Crippen LogP contribution in [0.2, 0.25) is 0 Å². The third-order valence-corrected chi connectivity index (χ3v) is 4.54. The number of carboxylic acid groups (broad SMARTS) is 1. The lowest BCUT2D eigenvalue weighted by Gasteiger charge is -2.31. The summed E-state index contributed by atoms with van der Waals surface area (Å²) in [4.78, 5) is 35.8. The first kappa shape index (κ1) is 23.0. The van der Waals surface area contributed by atoms with E-state index in [1.54, 1.807) is 0 Å². The summed E-state index contributed by atoms with van der Waals surface area (Å²) in [5.41, 5.74) is -1.82. The highest BCUT2D eigenvalue weighted by molar-refractivity contribution is 5.99. The van der Waals surface area contributed by atoms with E-state index in [9.17, 15) is 32.7 Å². The van der Waals surface area contributed by atoms with Crippen LogP contribution in [0.4, 0.5) is 13.2 Å². The third kappa shape index (κ3) is 4.47. The molecule has 0 aliphatic carbocycles. The number of hydrogen-bond acceptors (Lipinski definition) is 6. The number of allylic oxidation sites excluding steroid dienone is 1. The van der Waals surface area contributed by atoms with Crippen LogP contribution in [-0.2, 0) is 23.9 Å². The van der Waals surface area contributed by atoms with Crippen LogP contribution >= 0.6 is 0 Å². The van der Waals surface area contributed by atoms with Gasteiger partial charge in [-0.25, -0.2) is 22.8 Å².